The smallest absolute Gasteiger partial charge is 0.134 e. The van der Waals surface area contributed by atoms with Crippen molar-refractivity contribution < 1.29 is 13.9 Å². The number of ether oxygens (including phenoxy) is 2. The van der Waals surface area contributed by atoms with Crippen LogP contribution in [0.3, 0.4) is 0 Å². The Labute approximate surface area is 102 Å². The van der Waals surface area contributed by atoms with E-state index in [4.69, 9.17) is 9.47 Å². The third-order valence-corrected chi connectivity index (χ3v) is 3.53. The van der Waals surface area contributed by atoms with Crippen LogP contribution in [0.25, 0.3) is 0 Å². The highest BCUT2D eigenvalue weighted by molar-refractivity contribution is 5.44. The summed E-state index contributed by atoms with van der Waals surface area (Å²) in [5.41, 5.74) is 0.730. The lowest BCUT2D eigenvalue weighted by atomic mass is 9.83. The molecule has 17 heavy (non-hydrogen) atoms. The molecule has 1 aliphatic carbocycles. The molecule has 94 valence electrons. The van der Waals surface area contributed by atoms with Gasteiger partial charge in [0.1, 0.15) is 17.3 Å². The van der Waals surface area contributed by atoms with Crippen molar-refractivity contribution >= 4 is 0 Å². The molecule has 1 aromatic rings. The normalized spacial score (nSPS) is 16.9. The molecule has 0 aliphatic heterocycles. The lowest BCUT2D eigenvalue weighted by molar-refractivity contribution is 0.365. The average molecular weight is 238 g/mol. The summed E-state index contributed by atoms with van der Waals surface area (Å²) in [6, 6.07) is 3.22. The van der Waals surface area contributed by atoms with Gasteiger partial charge in [0.25, 0.3) is 0 Å². The van der Waals surface area contributed by atoms with E-state index in [-0.39, 0.29) is 5.82 Å². The van der Waals surface area contributed by atoms with E-state index in [1.54, 1.807) is 13.2 Å². The van der Waals surface area contributed by atoms with Crippen LogP contribution in [0.15, 0.2) is 12.1 Å². The lowest BCUT2D eigenvalue weighted by Gasteiger charge is -2.24. The molecule has 0 saturated heterocycles. The molecular weight excluding hydrogens is 219 g/mol. The molecule has 1 aromatic carbocycles. The predicted octanol–water partition coefficient (Wildman–Crippen LogP) is 3.89. The molecule has 0 unspecified atom stereocenters. The fourth-order valence-corrected chi connectivity index (χ4v) is 2.64. The third-order valence-electron chi connectivity index (χ3n) is 3.53. The van der Waals surface area contributed by atoms with Gasteiger partial charge in [-0.15, -0.1) is 0 Å². The molecule has 0 N–H and O–H groups in total. The average Bonchev–Trinajstić information content (AvgIpc) is 2.38. The number of methoxy groups -OCH3 is 2. The molecule has 0 amide bonds. The second-order valence-corrected chi connectivity index (χ2v) is 4.56. The molecule has 0 atom stereocenters. The maximum Gasteiger partial charge on any atom is 0.134 e. The minimum absolute atomic E-state index is 0.201. The SMILES string of the molecule is COc1cc(F)c(C2CCCCC2)c(OC)c1. The highest BCUT2D eigenvalue weighted by atomic mass is 19.1. The number of hydrogen-bond acceptors (Lipinski definition) is 2. The van der Waals surface area contributed by atoms with Gasteiger partial charge < -0.3 is 9.47 Å². The Bertz CT molecular complexity index is 384. The van der Waals surface area contributed by atoms with Crippen LogP contribution in [0.5, 0.6) is 11.5 Å². The molecule has 0 heterocycles. The van der Waals surface area contributed by atoms with Crippen LogP contribution in [-0.2, 0) is 0 Å². The molecule has 1 saturated carbocycles. The maximum absolute atomic E-state index is 14.1. The first-order chi connectivity index (χ1) is 8.26. The zero-order chi connectivity index (χ0) is 12.3. The summed E-state index contributed by atoms with van der Waals surface area (Å²) >= 11 is 0. The van der Waals surface area contributed by atoms with Crippen LogP contribution >= 0.6 is 0 Å². The first kappa shape index (κ1) is 12.2. The predicted molar refractivity (Wildman–Crippen MR) is 65.3 cm³/mol. The Morgan fingerprint density at radius 3 is 2.35 bits per heavy atom. The topological polar surface area (TPSA) is 18.5 Å². The van der Waals surface area contributed by atoms with E-state index in [0.717, 1.165) is 18.4 Å². The van der Waals surface area contributed by atoms with Gasteiger partial charge in [0.15, 0.2) is 0 Å². The number of hydrogen-bond donors (Lipinski definition) is 0. The Balaban J connectivity index is 2.36. The third kappa shape index (κ3) is 2.54. The first-order valence-electron chi connectivity index (χ1n) is 6.17. The van der Waals surface area contributed by atoms with Crippen LogP contribution in [0.4, 0.5) is 4.39 Å². The molecule has 1 aliphatic rings. The van der Waals surface area contributed by atoms with Gasteiger partial charge in [-0.2, -0.15) is 0 Å². The molecule has 3 heteroatoms. The van der Waals surface area contributed by atoms with Gasteiger partial charge in [-0.1, -0.05) is 19.3 Å². The van der Waals surface area contributed by atoms with Crippen molar-refractivity contribution in [1.82, 2.24) is 0 Å². The van der Waals surface area contributed by atoms with Crippen molar-refractivity contribution in [3.63, 3.8) is 0 Å². The summed E-state index contributed by atoms with van der Waals surface area (Å²) in [4.78, 5) is 0. The van der Waals surface area contributed by atoms with Gasteiger partial charge in [0.2, 0.25) is 0 Å². The molecule has 2 nitrogen and oxygen atoms in total. The van der Waals surface area contributed by atoms with Crippen molar-refractivity contribution in [3.8, 4) is 11.5 Å². The van der Waals surface area contributed by atoms with E-state index in [9.17, 15) is 4.39 Å². The highest BCUT2D eigenvalue weighted by Crippen LogP contribution is 2.40. The van der Waals surface area contributed by atoms with Crippen molar-refractivity contribution in [1.29, 1.82) is 0 Å². The fourth-order valence-electron chi connectivity index (χ4n) is 2.64. The van der Waals surface area contributed by atoms with E-state index in [1.807, 2.05) is 0 Å². The molecule has 1 fully saturated rings. The minimum Gasteiger partial charge on any atom is -0.497 e. The highest BCUT2D eigenvalue weighted by Gasteiger charge is 2.23. The summed E-state index contributed by atoms with van der Waals surface area (Å²) < 4.78 is 24.5. The van der Waals surface area contributed by atoms with Crippen molar-refractivity contribution in [2.75, 3.05) is 14.2 Å². The largest absolute Gasteiger partial charge is 0.497 e. The quantitative estimate of drug-likeness (QED) is 0.795. The first-order valence-corrected chi connectivity index (χ1v) is 6.17. The van der Waals surface area contributed by atoms with E-state index in [1.165, 1.54) is 32.4 Å². The van der Waals surface area contributed by atoms with Crippen LogP contribution in [0.2, 0.25) is 0 Å². The molecule has 0 aromatic heterocycles. The van der Waals surface area contributed by atoms with Gasteiger partial charge in [-0.25, -0.2) is 4.39 Å². The fraction of sp³-hybridized carbons (Fsp3) is 0.571. The minimum atomic E-state index is -0.201. The van der Waals surface area contributed by atoms with Crippen LogP contribution < -0.4 is 9.47 Å². The Kier molecular flexibility index (Phi) is 3.87. The van der Waals surface area contributed by atoms with Crippen LogP contribution in [0, 0.1) is 5.82 Å². The summed E-state index contributed by atoms with van der Waals surface area (Å²) in [6.45, 7) is 0. The van der Waals surface area contributed by atoms with Crippen LogP contribution in [-0.4, -0.2) is 14.2 Å². The number of benzene rings is 1. The summed E-state index contributed by atoms with van der Waals surface area (Å²) in [7, 11) is 3.12. The zero-order valence-corrected chi connectivity index (χ0v) is 10.5. The van der Waals surface area contributed by atoms with E-state index >= 15 is 0 Å². The lowest BCUT2D eigenvalue weighted by Crippen LogP contribution is -2.08. The maximum atomic E-state index is 14.1. The summed E-state index contributed by atoms with van der Waals surface area (Å²) in [5, 5.41) is 0. The summed E-state index contributed by atoms with van der Waals surface area (Å²) in [5.74, 6) is 1.23. The molecular formula is C14H19FO2. The second kappa shape index (κ2) is 5.39. The number of halogens is 1. The Hall–Kier alpha value is -1.25. The molecule has 0 radical (unpaired) electrons. The van der Waals surface area contributed by atoms with E-state index in [0.29, 0.717) is 17.4 Å². The molecule has 0 spiro atoms. The summed E-state index contributed by atoms with van der Waals surface area (Å²) in [6.07, 6.45) is 5.73. The Morgan fingerprint density at radius 2 is 1.76 bits per heavy atom. The monoisotopic (exact) mass is 238 g/mol. The number of rotatable bonds is 3. The van der Waals surface area contributed by atoms with Gasteiger partial charge in [0.05, 0.1) is 14.2 Å². The van der Waals surface area contributed by atoms with Crippen LogP contribution in [0.1, 0.15) is 43.6 Å². The van der Waals surface area contributed by atoms with Gasteiger partial charge >= 0.3 is 0 Å². The van der Waals surface area contributed by atoms with Crippen molar-refractivity contribution in [3.05, 3.63) is 23.5 Å². The molecule has 2 rings (SSSR count). The van der Waals surface area contributed by atoms with Gasteiger partial charge in [-0.3, -0.25) is 0 Å². The van der Waals surface area contributed by atoms with E-state index in [2.05, 4.69) is 0 Å². The zero-order valence-electron chi connectivity index (χ0n) is 10.5. The van der Waals surface area contributed by atoms with Crippen molar-refractivity contribution in [2.45, 2.75) is 38.0 Å². The van der Waals surface area contributed by atoms with Gasteiger partial charge in [-0.05, 0) is 18.8 Å². The molecule has 0 bridgehead atoms. The van der Waals surface area contributed by atoms with Crippen molar-refractivity contribution in [2.24, 2.45) is 0 Å². The Morgan fingerprint density at radius 1 is 1.06 bits per heavy atom. The standard InChI is InChI=1S/C14H19FO2/c1-16-11-8-12(15)14(13(9-11)17-2)10-6-4-3-5-7-10/h8-10H,3-7H2,1-2H3. The second-order valence-electron chi connectivity index (χ2n) is 4.56. The van der Waals surface area contributed by atoms with E-state index < -0.39 is 0 Å². The van der Waals surface area contributed by atoms with Gasteiger partial charge in [0, 0.05) is 17.7 Å².